The van der Waals surface area contributed by atoms with Crippen LogP contribution in [0.3, 0.4) is 0 Å². The molecule has 0 N–H and O–H groups in total. The number of fused-ring (bicyclic) bond motifs is 6. The monoisotopic (exact) mass is 609 g/mol. The average Bonchev–Trinajstić information content (AvgIpc) is 3.57. The number of pyridine rings is 1. The Balaban J connectivity index is 1.35. The summed E-state index contributed by atoms with van der Waals surface area (Å²) in [6.07, 6.45) is 2.07. The second kappa shape index (κ2) is 7.89. The van der Waals surface area contributed by atoms with Crippen LogP contribution in [0.2, 0.25) is 0 Å². The Morgan fingerprint density at radius 3 is 2.27 bits per heavy atom. The second-order valence-corrected chi connectivity index (χ2v) is 14.2. The van der Waals surface area contributed by atoms with E-state index in [4.69, 9.17) is 9.47 Å². The van der Waals surface area contributed by atoms with Crippen molar-refractivity contribution in [3.05, 3.63) is 125 Å². The van der Waals surface area contributed by atoms with Gasteiger partial charge in [-0.25, -0.2) is 8.42 Å². The van der Waals surface area contributed by atoms with Crippen molar-refractivity contribution in [3.8, 4) is 51.1 Å². The molecule has 7 nitrogen and oxygen atoms in total. The number of ether oxygens (including phenoxy) is 2. The minimum absolute atomic E-state index is 0.378. The smallest absolute Gasteiger partial charge is 0.452 e. The van der Waals surface area contributed by atoms with Gasteiger partial charge in [-0.3, -0.25) is 0 Å². The molecule has 1 unspecified atom stereocenters. The lowest BCUT2D eigenvalue weighted by Gasteiger charge is -2.31. The number of rotatable bonds is 1. The zero-order chi connectivity index (χ0) is 30.6. The zero-order valence-corrected chi connectivity index (χ0v) is 25.9. The summed E-state index contributed by atoms with van der Waals surface area (Å²) in [7, 11) is -3.67. The predicted octanol–water partition coefficient (Wildman–Crippen LogP) is 6.59. The topological polar surface area (TPSA) is 65.3 Å². The van der Waals surface area contributed by atoms with Crippen molar-refractivity contribution in [1.29, 1.82) is 0 Å². The van der Waals surface area contributed by atoms with Gasteiger partial charge < -0.3 is 9.47 Å². The minimum Gasteiger partial charge on any atom is -0.455 e. The van der Waals surface area contributed by atoms with Gasteiger partial charge in [0.25, 0.3) is 0 Å². The Morgan fingerprint density at radius 2 is 1.44 bits per heavy atom. The molecular weight excluding hydrogens is 582 g/mol. The molecule has 0 aliphatic carbocycles. The molecule has 4 aromatic carbocycles. The molecule has 1 spiro atoms. The highest BCUT2D eigenvalue weighted by molar-refractivity contribution is 7.92. The van der Waals surface area contributed by atoms with Crippen LogP contribution in [0.25, 0.3) is 27.9 Å². The van der Waals surface area contributed by atoms with Crippen molar-refractivity contribution in [2.45, 2.75) is 43.1 Å². The largest absolute Gasteiger partial charge is 0.455 e. The van der Waals surface area contributed by atoms with Gasteiger partial charge in [-0.05, 0) is 84.6 Å². The van der Waals surface area contributed by atoms with Crippen molar-refractivity contribution < 1.29 is 27.1 Å². The van der Waals surface area contributed by atoms with Crippen LogP contribution in [-0.2, 0) is 15.5 Å². The maximum atomic E-state index is 14.0. The van der Waals surface area contributed by atoms with E-state index in [1.54, 1.807) is 12.1 Å². The van der Waals surface area contributed by atoms with Crippen LogP contribution in [0.4, 0.5) is 0 Å². The molecule has 45 heavy (non-hydrogen) atoms. The SMILES string of the molecule is Cc1cc2c(c(C)c1-c1c(C)n3[n+](c1C)C14c5c(cccc5Oc5cccc[n+]51)Oc1cccc-3c14)S(=O)(=O)c1ccccc1-2. The predicted molar refractivity (Wildman–Crippen MR) is 166 cm³/mol. The summed E-state index contributed by atoms with van der Waals surface area (Å²) in [5.74, 6) is 3.01. The van der Waals surface area contributed by atoms with E-state index in [9.17, 15) is 8.42 Å². The standard InChI is InChI=1S/C37H27N3O4S/c1-20-19-25-24-11-5-6-16-30(24)45(41,42)36(25)21(2)32(20)33-22(3)39-26-12-9-13-27-34(26)37(40(39)23(33)4)35-28(43-27)14-10-15-29(35)44-31-17-7-8-18-38(31)37/h5-19H,1-4H3/q+2. The highest BCUT2D eigenvalue weighted by atomic mass is 32.2. The summed E-state index contributed by atoms with van der Waals surface area (Å²) in [4.78, 5) is 0.786. The number of sulfone groups is 1. The first-order valence-corrected chi connectivity index (χ1v) is 16.5. The number of nitrogens with zero attached hydrogens (tertiary/aromatic N) is 3. The van der Waals surface area contributed by atoms with Gasteiger partial charge >= 0.3 is 11.5 Å². The molecule has 0 saturated heterocycles. The van der Waals surface area contributed by atoms with Crippen LogP contribution in [0.15, 0.2) is 101 Å². The maximum Gasteiger partial charge on any atom is 0.452 e. The van der Waals surface area contributed by atoms with E-state index in [0.717, 1.165) is 84.7 Å². The quantitative estimate of drug-likeness (QED) is 0.197. The molecule has 218 valence electrons. The molecule has 6 aromatic rings. The van der Waals surface area contributed by atoms with E-state index in [1.807, 2.05) is 67.6 Å². The average molecular weight is 610 g/mol. The van der Waals surface area contributed by atoms with Crippen LogP contribution in [0, 0.1) is 27.7 Å². The molecule has 4 aliphatic heterocycles. The molecule has 0 radical (unpaired) electrons. The van der Waals surface area contributed by atoms with E-state index >= 15 is 0 Å². The summed E-state index contributed by atoms with van der Waals surface area (Å²) in [5, 5.41) is 0. The first kappa shape index (κ1) is 25.2. The molecule has 0 saturated carbocycles. The molecule has 1 atom stereocenters. The Kier molecular flexibility index (Phi) is 4.41. The van der Waals surface area contributed by atoms with E-state index in [-0.39, 0.29) is 0 Å². The fourth-order valence-corrected chi connectivity index (χ4v) is 10.5. The van der Waals surface area contributed by atoms with Crippen LogP contribution in [0.5, 0.6) is 23.1 Å². The third kappa shape index (κ3) is 2.65. The van der Waals surface area contributed by atoms with Gasteiger partial charge in [0.2, 0.25) is 15.5 Å². The van der Waals surface area contributed by atoms with Crippen LogP contribution < -0.4 is 18.7 Å². The van der Waals surface area contributed by atoms with E-state index in [1.165, 1.54) is 0 Å². The number of aromatic nitrogens is 3. The van der Waals surface area contributed by atoms with Gasteiger partial charge in [0.15, 0.2) is 23.1 Å². The summed E-state index contributed by atoms with van der Waals surface area (Å²) >= 11 is 0. The second-order valence-electron chi connectivity index (χ2n) is 12.3. The van der Waals surface area contributed by atoms with Gasteiger partial charge in [0.1, 0.15) is 17.2 Å². The molecule has 0 bridgehead atoms. The van der Waals surface area contributed by atoms with Crippen molar-refractivity contribution in [1.82, 2.24) is 4.68 Å². The highest BCUT2D eigenvalue weighted by Crippen LogP contribution is 2.57. The zero-order valence-electron chi connectivity index (χ0n) is 25.0. The van der Waals surface area contributed by atoms with Crippen LogP contribution in [0.1, 0.15) is 33.6 Å². The van der Waals surface area contributed by atoms with Crippen LogP contribution in [-0.4, -0.2) is 13.1 Å². The fourth-order valence-electron chi connectivity index (χ4n) is 8.59. The summed E-state index contributed by atoms with van der Waals surface area (Å²) in [5.41, 5.74) is 9.54. The lowest BCUT2D eigenvalue weighted by atomic mass is 9.84. The van der Waals surface area contributed by atoms with Gasteiger partial charge in [-0.15, -0.1) is 4.68 Å². The maximum absolute atomic E-state index is 14.0. The first-order chi connectivity index (χ1) is 21.8. The Labute approximate surface area is 260 Å². The first-order valence-electron chi connectivity index (χ1n) is 15.0. The molecular formula is C37H27N3O4S+2. The normalized spacial score (nSPS) is 18.1. The lowest BCUT2D eigenvalue weighted by molar-refractivity contribution is -0.999. The highest BCUT2D eigenvalue weighted by Gasteiger charge is 2.72. The third-order valence-corrected chi connectivity index (χ3v) is 12.1. The van der Waals surface area contributed by atoms with E-state index in [0.29, 0.717) is 9.79 Å². The fraction of sp³-hybridized carbons (Fsp3) is 0.135. The van der Waals surface area contributed by atoms with Crippen molar-refractivity contribution in [2.24, 2.45) is 0 Å². The van der Waals surface area contributed by atoms with E-state index < -0.39 is 15.5 Å². The Bertz CT molecular complexity index is 2500. The van der Waals surface area contributed by atoms with E-state index in [2.05, 4.69) is 53.0 Å². The number of hydrogen-bond acceptors (Lipinski definition) is 4. The molecule has 10 rings (SSSR count). The summed E-state index contributed by atoms with van der Waals surface area (Å²) < 4.78 is 47.9. The Morgan fingerprint density at radius 1 is 0.733 bits per heavy atom. The van der Waals surface area contributed by atoms with Gasteiger partial charge in [-0.2, -0.15) is 0 Å². The molecule has 6 heterocycles. The molecule has 2 aromatic heterocycles. The lowest BCUT2D eigenvalue weighted by Crippen LogP contribution is -2.76. The number of benzene rings is 4. The minimum atomic E-state index is -3.67. The summed E-state index contributed by atoms with van der Waals surface area (Å²) in [6, 6.07) is 27.6. The number of hydrogen-bond donors (Lipinski definition) is 0. The van der Waals surface area contributed by atoms with Gasteiger partial charge in [0.05, 0.1) is 27.1 Å². The molecule has 4 aliphatic rings. The Hall–Kier alpha value is -5.21. The van der Waals surface area contributed by atoms with Crippen LogP contribution >= 0.6 is 0 Å². The van der Waals surface area contributed by atoms with Gasteiger partial charge in [-0.1, -0.05) is 34.9 Å². The molecule has 0 fully saturated rings. The third-order valence-electron chi connectivity index (χ3n) is 10.1. The molecule has 8 heteroatoms. The van der Waals surface area contributed by atoms with Crippen molar-refractivity contribution >= 4 is 9.84 Å². The summed E-state index contributed by atoms with van der Waals surface area (Å²) in [6.45, 7) is 8.32. The van der Waals surface area contributed by atoms with Gasteiger partial charge in [0, 0.05) is 24.1 Å². The van der Waals surface area contributed by atoms with Crippen molar-refractivity contribution in [2.75, 3.05) is 0 Å². The molecule has 0 amide bonds. The van der Waals surface area contributed by atoms with Crippen molar-refractivity contribution in [3.63, 3.8) is 0 Å². The number of aryl methyl sites for hydroxylation is 1.